The smallest absolute Gasteiger partial charge is 0.240 e. The number of piperazine rings is 1. The summed E-state index contributed by atoms with van der Waals surface area (Å²) < 4.78 is 0. The zero-order chi connectivity index (χ0) is 10.8. The van der Waals surface area contributed by atoms with Crippen LogP contribution in [0.15, 0.2) is 0 Å². The molecule has 0 spiro atoms. The zero-order valence-electron chi connectivity index (χ0n) is 9.29. The molecule has 0 aromatic carbocycles. The maximum Gasteiger partial charge on any atom is 0.240 e. The van der Waals surface area contributed by atoms with Gasteiger partial charge in [-0.3, -0.25) is 9.69 Å². The standard InChI is InChI=1S/C11H19ClN2O/c1-9(12)11(15)14-6-4-13(5-7-14)8-10-2-3-10/h9-10H,2-8H2,1H3. The van der Waals surface area contributed by atoms with Gasteiger partial charge in [0.15, 0.2) is 0 Å². The largest absolute Gasteiger partial charge is 0.339 e. The Kier molecular flexibility index (Phi) is 3.52. The number of alkyl halides is 1. The van der Waals surface area contributed by atoms with Crippen molar-refractivity contribution in [2.45, 2.75) is 25.1 Å². The molecule has 3 nitrogen and oxygen atoms in total. The third kappa shape index (κ3) is 3.08. The van der Waals surface area contributed by atoms with Crippen LogP contribution >= 0.6 is 11.6 Å². The van der Waals surface area contributed by atoms with Gasteiger partial charge in [-0.25, -0.2) is 0 Å². The van der Waals surface area contributed by atoms with Gasteiger partial charge in [-0.2, -0.15) is 0 Å². The Bertz CT molecular complexity index is 233. The Balaban J connectivity index is 1.73. The molecule has 4 heteroatoms. The predicted molar refractivity (Wildman–Crippen MR) is 61.1 cm³/mol. The van der Waals surface area contributed by atoms with Gasteiger partial charge in [0, 0.05) is 32.7 Å². The molecule has 2 aliphatic rings. The molecule has 1 amide bonds. The molecular formula is C11H19ClN2O. The maximum absolute atomic E-state index is 11.6. The fraction of sp³-hybridized carbons (Fsp3) is 0.909. The minimum Gasteiger partial charge on any atom is -0.339 e. The van der Waals surface area contributed by atoms with Crippen molar-refractivity contribution in [3.8, 4) is 0 Å². The first-order valence-corrected chi connectivity index (χ1v) is 6.25. The molecule has 1 saturated carbocycles. The lowest BCUT2D eigenvalue weighted by molar-refractivity contribution is -0.132. The van der Waals surface area contributed by atoms with Crippen LogP contribution in [-0.2, 0) is 4.79 Å². The van der Waals surface area contributed by atoms with Gasteiger partial charge in [0.25, 0.3) is 0 Å². The highest BCUT2D eigenvalue weighted by molar-refractivity contribution is 6.30. The zero-order valence-corrected chi connectivity index (χ0v) is 10.0. The van der Waals surface area contributed by atoms with Crippen LogP contribution in [0.25, 0.3) is 0 Å². The minimum atomic E-state index is -0.375. The van der Waals surface area contributed by atoms with Gasteiger partial charge in [-0.15, -0.1) is 11.6 Å². The number of carbonyl (C=O) groups is 1. The average Bonchev–Trinajstić information content (AvgIpc) is 3.02. The fourth-order valence-corrected chi connectivity index (χ4v) is 2.21. The van der Waals surface area contributed by atoms with Crippen LogP contribution in [0.1, 0.15) is 19.8 Å². The first kappa shape index (κ1) is 11.2. The molecule has 2 fully saturated rings. The van der Waals surface area contributed by atoms with Gasteiger partial charge >= 0.3 is 0 Å². The third-order valence-electron chi connectivity index (χ3n) is 3.24. The van der Waals surface area contributed by atoms with E-state index in [4.69, 9.17) is 11.6 Å². The van der Waals surface area contributed by atoms with Gasteiger partial charge in [-0.05, 0) is 25.7 Å². The minimum absolute atomic E-state index is 0.0859. The highest BCUT2D eigenvalue weighted by Gasteiger charge is 2.28. The molecule has 0 aromatic rings. The van der Waals surface area contributed by atoms with E-state index in [-0.39, 0.29) is 11.3 Å². The number of hydrogen-bond donors (Lipinski definition) is 0. The van der Waals surface area contributed by atoms with Gasteiger partial charge in [0.1, 0.15) is 5.38 Å². The molecule has 1 aliphatic heterocycles. The molecule has 1 unspecified atom stereocenters. The van der Waals surface area contributed by atoms with Crippen LogP contribution in [-0.4, -0.2) is 53.8 Å². The molecule has 1 atom stereocenters. The van der Waals surface area contributed by atoms with Crippen LogP contribution in [0.3, 0.4) is 0 Å². The number of carbonyl (C=O) groups excluding carboxylic acids is 1. The lowest BCUT2D eigenvalue weighted by atomic mass is 10.2. The van der Waals surface area contributed by atoms with Gasteiger partial charge in [-0.1, -0.05) is 0 Å². The van der Waals surface area contributed by atoms with Crippen LogP contribution < -0.4 is 0 Å². The highest BCUT2D eigenvalue weighted by atomic mass is 35.5. The lowest BCUT2D eigenvalue weighted by Gasteiger charge is -2.35. The summed E-state index contributed by atoms with van der Waals surface area (Å²) in [5.41, 5.74) is 0. The summed E-state index contributed by atoms with van der Waals surface area (Å²) in [6, 6.07) is 0. The van der Waals surface area contributed by atoms with Crippen molar-refractivity contribution < 1.29 is 4.79 Å². The van der Waals surface area contributed by atoms with E-state index in [1.165, 1.54) is 19.4 Å². The molecule has 1 aliphatic carbocycles. The summed E-state index contributed by atoms with van der Waals surface area (Å²) in [7, 11) is 0. The van der Waals surface area contributed by atoms with Crippen LogP contribution in [0.5, 0.6) is 0 Å². The number of rotatable bonds is 3. The Morgan fingerprint density at radius 1 is 1.33 bits per heavy atom. The van der Waals surface area contributed by atoms with Crippen LogP contribution in [0, 0.1) is 5.92 Å². The fourth-order valence-electron chi connectivity index (χ4n) is 2.07. The van der Waals surface area contributed by atoms with E-state index in [9.17, 15) is 4.79 Å². The normalized spacial score (nSPS) is 25.3. The first-order chi connectivity index (χ1) is 7.16. The molecule has 86 valence electrons. The molecule has 0 aromatic heterocycles. The highest BCUT2D eigenvalue weighted by Crippen LogP contribution is 2.29. The number of halogens is 1. The number of nitrogens with zero attached hydrogens (tertiary/aromatic N) is 2. The molecule has 2 rings (SSSR count). The molecule has 1 saturated heterocycles. The molecule has 15 heavy (non-hydrogen) atoms. The summed E-state index contributed by atoms with van der Waals surface area (Å²) in [6.45, 7) is 6.72. The Labute approximate surface area is 96.4 Å². The summed E-state index contributed by atoms with van der Waals surface area (Å²) >= 11 is 5.79. The van der Waals surface area contributed by atoms with E-state index < -0.39 is 0 Å². The van der Waals surface area contributed by atoms with E-state index in [1.807, 2.05) is 4.90 Å². The van der Waals surface area contributed by atoms with Crippen molar-refractivity contribution >= 4 is 17.5 Å². The summed E-state index contributed by atoms with van der Waals surface area (Å²) in [5.74, 6) is 1.03. The number of hydrogen-bond acceptors (Lipinski definition) is 2. The predicted octanol–water partition coefficient (Wildman–Crippen LogP) is 1.17. The second-order valence-corrected chi connectivity index (χ2v) is 5.34. The second kappa shape index (κ2) is 4.71. The molecule has 0 N–H and O–H groups in total. The number of amides is 1. The summed E-state index contributed by atoms with van der Waals surface area (Å²) in [6.07, 6.45) is 2.80. The van der Waals surface area contributed by atoms with Gasteiger partial charge in [0.05, 0.1) is 0 Å². The Morgan fingerprint density at radius 2 is 1.93 bits per heavy atom. The van der Waals surface area contributed by atoms with Crippen molar-refractivity contribution in [3.05, 3.63) is 0 Å². The van der Waals surface area contributed by atoms with Gasteiger partial charge < -0.3 is 4.90 Å². The van der Waals surface area contributed by atoms with E-state index >= 15 is 0 Å². The van der Waals surface area contributed by atoms with Crippen molar-refractivity contribution in [3.63, 3.8) is 0 Å². The first-order valence-electron chi connectivity index (χ1n) is 5.82. The third-order valence-corrected chi connectivity index (χ3v) is 3.42. The molecule has 0 bridgehead atoms. The van der Waals surface area contributed by atoms with E-state index in [0.717, 1.165) is 32.1 Å². The van der Waals surface area contributed by atoms with Crippen LogP contribution in [0.4, 0.5) is 0 Å². The summed E-state index contributed by atoms with van der Waals surface area (Å²) in [5, 5.41) is -0.375. The molecule has 0 radical (unpaired) electrons. The lowest BCUT2D eigenvalue weighted by Crippen LogP contribution is -2.50. The molecule has 1 heterocycles. The SMILES string of the molecule is CC(Cl)C(=O)N1CCN(CC2CC2)CC1. The summed E-state index contributed by atoms with van der Waals surface area (Å²) in [4.78, 5) is 16.0. The monoisotopic (exact) mass is 230 g/mol. The average molecular weight is 231 g/mol. The maximum atomic E-state index is 11.6. The van der Waals surface area contributed by atoms with E-state index in [2.05, 4.69) is 4.90 Å². The second-order valence-electron chi connectivity index (χ2n) is 4.69. The van der Waals surface area contributed by atoms with Crippen molar-refractivity contribution in [1.82, 2.24) is 9.80 Å². The van der Waals surface area contributed by atoms with Gasteiger partial charge in [0.2, 0.25) is 5.91 Å². The van der Waals surface area contributed by atoms with Crippen molar-refractivity contribution in [1.29, 1.82) is 0 Å². The Morgan fingerprint density at radius 3 is 2.40 bits per heavy atom. The van der Waals surface area contributed by atoms with E-state index in [0.29, 0.717) is 0 Å². The topological polar surface area (TPSA) is 23.6 Å². The quantitative estimate of drug-likeness (QED) is 0.680. The van der Waals surface area contributed by atoms with E-state index in [1.54, 1.807) is 6.92 Å². The van der Waals surface area contributed by atoms with Crippen LogP contribution in [0.2, 0.25) is 0 Å². The van der Waals surface area contributed by atoms with Crippen molar-refractivity contribution in [2.24, 2.45) is 5.92 Å². The molecular weight excluding hydrogens is 212 g/mol. The van der Waals surface area contributed by atoms with Crippen molar-refractivity contribution in [2.75, 3.05) is 32.7 Å². The Hall–Kier alpha value is -0.280.